The van der Waals surface area contributed by atoms with Crippen molar-refractivity contribution in [3.63, 3.8) is 0 Å². The first kappa shape index (κ1) is 31.1. The van der Waals surface area contributed by atoms with Crippen molar-refractivity contribution >= 4 is 70.5 Å². The van der Waals surface area contributed by atoms with Gasteiger partial charge in [0.05, 0.1) is 0 Å². The van der Waals surface area contributed by atoms with Crippen LogP contribution in [0.3, 0.4) is 0 Å². The fraction of sp³-hybridized carbons (Fsp3) is 0.0588. The van der Waals surface area contributed by atoms with Crippen molar-refractivity contribution in [3.05, 3.63) is 187 Å². The lowest BCUT2D eigenvalue weighted by molar-refractivity contribution is 0.662. The van der Waals surface area contributed by atoms with Gasteiger partial charge in [-0.3, -0.25) is 0 Å². The SMILES string of the molecule is CC1(C)c2ccccc2-c2cc(N(c3ccc(-c4cccc5oc6ccccc6c45)cc3)c3ccc4c(c3)sc3ccccc34)cc(-c3ccccc3)c21. The molecule has 0 atom stereocenters. The maximum atomic E-state index is 6.27. The number of benzene rings is 8. The van der Waals surface area contributed by atoms with Crippen LogP contribution in [0.15, 0.2) is 180 Å². The molecule has 0 aliphatic heterocycles. The van der Waals surface area contributed by atoms with Gasteiger partial charge in [0.2, 0.25) is 0 Å². The van der Waals surface area contributed by atoms with E-state index in [4.69, 9.17) is 4.42 Å². The number of anilines is 3. The lowest BCUT2D eigenvalue weighted by Crippen LogP contribution is -2.17. The summed E-state index contributed by atoms with van der Waals surface area (Å²) >= 11 is 1.86. The normalized spacial score (nSPS) is 13.1. The summed E-state index contributed by atoms with van der Waals surface area (Å²) < 4.78 is 8.86. The van der Waals surface area contributed by atoms with Crippen molar-refractivity contribution in [1.29, 1.82) is 0 Å². The molecule has 54 heavy (non-hydrogen) atoms. The van der Waals surface area contributed by atoms with Crippen molar-refractivity contribution < 1.29 is 4.42 Å². The molecule has 256 valence electrons. The molecule has 10 aromatic rings. The Hall–Kier alpha value is -6.42. The fourth-order valence-electron chi connectivity index (χ4n) is 8.99. The molecule has 0 spiro atoms. The lowest BCUT2D eigenvalue weighted by atomic mass is 9.78. The summed E-state index contributed by atoms with van der Waals surface area (Å²) in [5.41, 5.74) is 15.2. The Morgan fingerprint density at radius 1 is 0.444 bits per heavy atom. The van der Waals surface area contributed by atoms with Crippen LogP contribution in [0.4, 0.5) is 17.1 Å². The van der Waals surface area contributed by atoms with Gasteiger partial charge in [-0.2, -0.15) is 0 Å². The third-order valence-corrected chi connectivity index (χ3v) is 12.6. The molecule has 1 aliphatic carbocycles. The van der Waals surface area contributed by atoms with E-state index in [1.807, 2.05) is 23.5 Å². The Bertz CT molecular complexity index is 3080. The van der Waals surface area contributed by atoms with Crippen LogP contribution in [0.5, 0.6) is 0 Å². The van der Waals surface area contributed by atoms with E-state index in [0.717, 1.165) is 44.6 Å². The minimum absolute atomic E-state index is 0.142. The van der Waals surface area contributed by atoms with Gasteiger partial charge in [0.25, 0.3) is 0 Å². The van der Waals surface area contributed by atoms with E-state index in [1.54, 1.807) is 0 Å². The van der Waals surface area contributed by atoms with Crippen LogP contribution in [0.1, 0.15) is 25.0 Å². The smallest absolute Gasteiger partial charge is 0.136 e. The van der Waals surface area contributed by atoms with E-state index in [-0.39, 0.29) is 5.41 Å². The third kappa shape index (κ3) is 4.65. The van der Waals surface area contributed by atoms with Gasteiger partial charge in [0.15, 0.2) is 0 Å². The molecule has 8 aromatic carbocycles. The Morgan fingerprint density at radius 2 is 1.09 bits per heavy atom. The van der Waals surface area contributed by atoms with E-state index in [1.165, 1.54) is 59.1 Å². The average molecular weight is 710 g/mol. The largest absolute Gasteiger partial charge is 0.456 e. The van der Waals surface area contributed by atoms with Gasteiger partial charge >= 0.3 is 0 Å². The van der Waals surface area contributed by atoms with Crippen LogP contribution in [0, 0.1) is 0 Å². The van der Waals surface area contributed by atoms with Crippen molar-refractivity contribution in [2.24, 2.45) is 0 Å². The summed E-state index contributed by atoms with van der Waals surface area (Å²) in [5, 5.41) is 4.90. The highest BCUT2D eigenvalue weighted by Gasteiger charge is 2.38. The highest BCUT2D eigenvalue weighted by atomic mass is 32.1. The predicted molar refractivity (Wildman–Crippen MR) is 230 cm³/mol. The molecule has 0 fully saturated rings. The van der Waals surface area contributed by atoms with Crippen molar-refractivity contribution in [1.82, 2.24) is 0 Å². The van der Waals surface area contributed by atoms with Crippen molar-refractivity contribution in [3.8, 4) is 33.4 Å². The number of hydrogen-bond donors (Lipinski definition) is 0. The molecular formula is C51H35NOS. The molecule has 11 rings (SSSR count). The van der Waals surface area contributed by atoms with Crippen LogP contribution in [0.25, 0.3) is 75.5 Å². The molecule has 0 saturated carbocycles. The maximum absolute atomic E-state index is 6.27. The highest BCUT2D eigenvalue weighted by molar-refractivity contribution is 7.25. The Morgan fingerprint density at radius 3 is 1.96 bits per heavy atom. The number of furan rings is 1. The summed E-state index contributed by atoms with van der Waals surface area (Å²) in [6.45, 7) is 4.75. The molecule has 2 heterocycles. The van der Waals surface area contributed by atoms with Gasteiger partial charge in [-0.1, -0.05) is 135 Å². The number of nitrogens with zero attached hydrogens (tertiary/aromatic N) is 1. The highest BCUT2D eigenvalue weighted by Crippen LogP contribution is 2.54. The second-order valence-corrected chi connectivity index (χ2v) is 16.0. The molecule has 1 aliphatic rings. The van der Waals surface area contributed by atoms with Crippen LogP contribution >= 0.6 is 11.3 Å². The molecule has 2 nitrogen and oxygen atoms in total. The molecule has 0 saturated heterocycles. The monoisotopic (exact) mass is 709 g/mol. The summed E-state index contributed by atoms with van der Waals surface area (Å²) in [4.78, 5) is 2.45. The zero-order chi connectivity index (χ0) is 36.0. The molecule has 3 heteroatoms. The summed E-state index contributed by atoms with van der Waals surface area (Å²) in [6.07, 6.45) is 0. The van der Waals surface area contributed by atoms with Crippen molar-refractivity contribution in [2.45, 2.75) is 19.3 Å². The van der Waals surface area contributed by atoms with E-state index in [2.05, 4.69) is 183 Å². The Balaban J connectivity index is 1.14. The van der Waals surface area contributed by atoms with Crippen LogP contribution in [-0.2, 0) is 5.41 Å². The van der Waals surface area contributed by atoms with Gasteiger partial charge in [0, 0.05) is 53.4 Å². The second kappa shape index (κ2) is 11.8. The minimum Gasteiger partial charge on any atom is -0.456 e. The second-order valence-electron chi connectivity index (χ2n) is 14.9. The van der Waals surface area contributed by atoms with Gasteiger partial charge in [0.1, 0.15) is 11.2 Å². The standard InChI is InChI=1S/C51H35NOS/c1-51(2)44-19-9-6-15-38(44)43-30-36(29-42(50(43)51)32-13-4-3-5-14-32)52(35-27-28-40-39-16-8-11-22-47(39)54-48(40)31-35)34-25-23-33(24-26-34)37-18-12-21-46-49(37)41-17-7-10-20-45(41)53-46/h3-31H,1-2H3. The number of para-hydroxylation sites is 1. The van der Waals surface area contributed by atoms with Crippen LogP contribution in [0.2, 0.25) is 0 Å². The summed E-state index contributed by atoms with van der Waals surface area (Å²) in [7, 11) is 0. The number of thiophene rings is 1. The first-order valence-corrected chi connectivity index (χ1v) is 19.4. The molecule has 2 aromatic heterocycles. The quantitative estimate of drug-likeness (QED) is 0.177. The summed E-state index contributed by atoms with van der Waals surface area (Å²) in [6, 6.07) is 64.2. The maximum Gasteiger partial charge on any atom is 0.136 e. The molecular weight excluding hydrogens is 675 g/mol. The van der Waals surface area contributed by atoms with E-state index in [0.29, 0.717) is 0 Å². The third-order valence-electron chi connectivity index (χ3n) is 11.4. The average Bonchev–Trinajstić information content (AvgIpc) is 3.86. The number of rotatable bonds is 5. The van der Waals surface area contributed by atoms with Crippen LogP contribution < -0.4 is 4.90 Å². The fourth-order valence-corrected chi connectivity index (χ4v) is 10.1. The first-order valence-electron chi connectivity index (χ1n) is 18.6. The minimum atomic E-state index is -0.142. The van der Waals surface area contributed by atoms with Gasteiger partial charge < -0.3 is 9.32 Å². The van der Waals surface area contributed by atoms with Gasteiger partial charge in [-0.25, -0.2) is 0 Å². The zero-order valence-corrected chi connectivity index (χ0v) is 30.8. The van der Waals surface area contributed by atoms with Crippen LogP contribution in [-0.4, -0.2) is 0 Å². The Labute approximate surface area is 318 Å². The molecule has 0 radical (unpaired) electrons. The summed E-state index contributed by atoms with van der Waals surface area (Å²) in [5.74, 6) is 0. The van der Waals surface area contributed by atoms with Gasteiger partial charge in [-0.05, 0) is 99.1 Å². The predicted octanol–water partition coefficient (Wildman–Crippen LogP) is 15.1. The van der Waals surface area contributed by atoms with E-state index < -0.39 is 0 Å². The molecule has 0 unspecified atom stereocenters. The number of fused-ring (bicyclic) bond motifs is 9. The van der Waals surface area contributed by atoms with E-state index in [9.17, 15) is 0 Å². The van der Waals surface area contributed by atoms with Crippen molar-refractivity contribution in [2.75, 3.05) is 4.90 Å². The van der Waals surface area contributed by atoms with Gasteiger partial charge in [-0.15, -0.1) is 11.3 Å². The van der Waals surface area contributed by atoms with E-state index >= 15 is 0 Å². The zero-order valence-electron chi connectivity index (χ0n) is 30.0. The lowest BCUT2D eigenvalue weighted by Gasteiger charge is -2.29. The molecule has 0 bridgehead atoms. The molecule has 0 amide bonds. The topological polar surface area (TPSA) is 16.4 Å². The Kier molecular flexibility index (Phi) is 6.80. The number of hydrogen-bond acceptors (Lipinski definition) is 3. The molecule has 0 N–H and O–H groups in total. The first-order chi connectivity index (χ1) is 26.5.